The number of likely N-dealkylation sites (N-methyl/N-ethyl adjacent to an activating group) is 1. The molecule has 0 radical (unpaired) electrons. The number of nitriles is 1. The molecular formula is C23H33N7OS2. The van der Waals surface area contributed by atoms with E-state index in [1.165, 1.54) is 23.0 Å². The monoisotopic (exact) mass is 487 g/mol. The van der Waals surface area contributed by atoms with Crippen molar-refractivity contribution in [2.75, 3.05) is 50.8 Å². The molecule has 2 N–H and O–H groups in total. The third kappa shape index (κ3) is 9.04. The number of piperazine rings is 1. The van der Waals surface area contributed by atoms with Gasteiger partial charge >= 0.3 is 0 Å². The largest absolute Gasteiger partial charge is 0.354 e. The number of rotatable bonds is 10. The van der Waals surface area contributed by atoms with Crippen molar-refractivity contribution in [2.24, 2.45) is 4.99 Å². The lowest BCUT2D eigenvalue weighted by Crippen LogP contribution is -2.46. The lowest BCUT2D eigenvalue weighted by molar-refractivity contribution is -0.116. The Hall–Kier alpha value is -2.61. The van der Waals surface area contributed by atoms with Crippen LogP contribution < -0.4 is 10.6 Å². The van der Waals surface area contributed by atoms with Crippen LogP contribution in [0.15, 0.2) is 46.2 Å². The summed E-state index contributed by atoms with van der Waals surface area (Å²) in [7, 11) is 2.13. The maximum atomic E-state index is 11.4. The molecule has 2 rings (SSSR count). The quantitative estimate of drug-likeness (QED) is 0.225. The second kappa shape index (κ2) is 13.8. The minimum atomic E-state index is -0.165. The highest BCUT2D eigenvalue weighted by Gasteiger charge is 2.18. The first-order valence-corrected chi connectivity index (χ1v) is 12.7. The Bertz CT molecular complexity index is 950. The summed E-state index contributed by atoms with van der Waals surface area (Å²) in [6, 6.07) is 2.12. The number of aliphatic imine (C=N–C) groups is 1. The second-order valence-corrected chi connectivity index (χ2v) is 9.75. The molecule has 10 heteroatoms. The summed E-state index contributed by atoms with van der Waals surface area (Å²) in [5, 5.41) is 16.8. The number of carbonyl (C=O) groups excluding carboxylic acids is 1. The first kappa shape index (κ1) is 26.6. The summed E-state index contributed by atoms with van der Waals surface area (Å²) in [6.07, 6.45) is 5.80. The van der Waals surface area contributed by atoms with E-state index in [1.807, 2.05) is 13.0 Å². The van der Waals surface area contributed by atoms with Crippen molar-refractivity contribution in [1.29, 1.82) is 5.26 Å². The number of nitrogens with one attached hydrogen (secondary N) is 2. The van der Waals surface area contributed by atoms with Gasteiger partial charge in [0, 0.05) is 44.2 Å². The number of carbonyl (C=O) groups is 1. The van der Waals surface area contributed by atoms with Crippen LogP contribution >= 0.6 is 23.1 Å². The molecule has 0 unspecified atom stereocenters. The molecule has 178 valence electrons. The molecule has 0 aromatic carbocycles. The number of hydrogen-bond donors (Lipinski definition) is 2. The Morgan fingerprint density at radius 2 is 2.12 bits per heavy atom. The van der Waals surface area contributed by atoms with Gasteiger partial charge < -0.3 is 20.4 Å². The van der Waals surface area contributed by atoms with Crippen LogP contribution in [0.4, 0.5) is 5.13 Å². The smallest absolute Gasteiger partial charge is 0.243 e. The van der Waals surface area contributed by atoms with E-state index in [0.29, 0.717) is 16.6 Å². The van der Waals surface area contributed by atoms with Crippen LogP contribution in [0, 0.1) is 11.3 Å². The minimum Gasteiger partial charge on any atom is -0.354 e. The van der Waals surface area contributed by atoms with Crippen LogP contribution in [0.5, 0.6) is 0 Å². The van der Waals surface area contributed by atoms with Crippen molar-refractivity contribution in [3.63, 3.8) is 0 Å². The molecule has 1 aromatic heterocycles. The van der Waals surface area contributed by atoms with Crippen LogP contribution in [-0.2, 0) is 4.79 Å². The highest BCUT2D eigenvalue weighted by molar-refractivity contribution is 8.03. The van der Waals surface area contributed by atoms with E-state index in [-0.39, 0.29) is 5.91 Å². The number of thiazole rings is 1. The van der Waals surface area contributed by atoms with Crippen LogP contribution in [-0.4, -0.2) is 72.1 Å². The van der Waals surface area contributed by atoms with E-state index in [0.717, 1.165) is 54.9 Å². The Labute approximate surface area is 205 Å². The number of amidine groups is 1. The first-order valence-electron chi connectivity index (χ1n) is 10.9. The normalized spacial score (nSPS) is 16.2. The van der Waals surface area contributed by atoms with Crippen molar-refractivity contribution in [1.82, 2.24) is 20.1 Å². The minimum absolute atomic E-state index is 0.165. The third-order valence-electron chi connectivity index (χ3n) is 5.03. The van der Waals surface area contributed by atoms with Gasteiger partial charge in [0.25, 0.3) is 0 Å². The fourth-order valence-corrected chi connectivity index (χ4v) is 4.54. The predicted octanol–water partition coefficient (Wildman–Crippen LogP) is 3.65. The third-order valence-corrected chi connectivity index (χ3v) is 6.97. The molecule has 0 aliphatic carbocycles. The van der Waals surface area contributed by atoms with E-state index in [1.54, 1.807) is 18.0 Å². The van der Waals surface area contributed by atoms with Crippen LogP contribution in [0.3, 0.4) is 0 Å². The topological polar surface area (TPSA) is 96.6 Å². The molecule has 1 saturated heterocycles. The van der Waals surface area contributed by atoms with E-state index < -0.39 is 0 Å². The van der Waals surface area contributed by atoms with Crippen LogP contribution in [0.25, 0.3) is 0 Å². The zero-order valence-electron chi connectivity index (χ0n) is 19.8. The summed E-state index contributed by atoms with van der Waals surface area (Å²) in [4.78, 5) is 26.0. The molecule has 1 aliphatic rings. The summed E-state index contributed by atoms with van der Waals surface area (Å²) in [5.74, 6) is 1.46. The van der Waals surface area contributed by atoms with E-state index >= 15 is 0 Å². The Kier molecular flexibility index (Phi) is 11.2. The van der Waals surface area contributed by atoms with Gasteiger partial charge in [0.05, 0.1) is 11.2 Å². The van der Waals surface area contributed by atoms with Gasteiger partial charge in [0.15, 0.2) is 5.13 Å². The number of hydrogen-bond acceptors (Lipinski definition) is 8. The highest BCUT2D eigenvalue weighted by Crippen LogP contribution is 2.24. The number of thioether (sulfide) groups is 1. The molecule has 1 aromatic rings. The number of anilines is 1. The maximum Gasteiger partial charge on any atom is 0.243 e. The van der Waals surface area contributed by atoms with Crippen molar-refractivity contribution in [2.45, 2.75) is 27.2 Å². The van der Waals surface area contributed by atoms with Gasteiger partial charge in [-0.3, -0.25) is 4.79 Å². The predicted molar refractivity (Wildman–Crippen MR) is 139 cm³/mol. The molecule has 0 bridgehead atoms. The second-order valence-electron chi connectivity index (χ2n) is 7.64. The molecule has 2 heterocycles. The molecule has 0 saturated carbocycles. The molecule has 0 atom stereocenters. The average molecular weight is 488 g/mol. The lowest BCUT2D eigenvalue weighted by Gasteiger charge is -2.34. The molecule has 1 fully saturated rings. The molecule has 1 aliphatic heterocycles. The van der Waals surface area contributed by atoms with Gasteiger partial charge in [-0.25, -0.2) is 9.98 Å². The summed E-state index contributed by atoms with van der Waals surface area (Å²) < 4.78 is 0. The molecule has 33 heavy (non-hydrogen) atoms. The fourth-order valence-electron chi connectivity index (χ4n) is 2.91. The molecule has 8 nitrogen and oxygen atoms in total. The lowest BCUT2D eigenvalue weighted by atomic mass is 10.2. The summed E-state index contributed by atoms with van der Waals surface area (Å²) in [6.45, 7) is 14.0. The number of allylic oxidation sites excluding steroid dienone is 2. The van der Waals surface area contributed by atoms with E-state index in [4.69, 9.17) is 10.3 Å². The zero-order chi connectivity index (χ0) is 24.2. The molecule has 1 amide bonds. The number of nitrogens with zero attached hydrogens (tertiary/aromatic N) is 5. The van der Waals surface area contributed by atoms with Crippen LogP contribution in [0.2, 0.25) is 0 Å². The number of amides is 1. The SMILES string of the molecule is C=CC(=O)NCCSC(/N=C(\C=C(/C)Nc1ncc(C#N)s1)N1CCN(C)CC1)=C(C)CC. The Balaban J connectivity index is 2.25. The van der Waals surface area contributed by atoms with E-state index in [2.05, 4.69) is 59.0 Å². The fraction of sp³-hybridized carbons (Fsp3) is 0.478. The Morgan fingerprint density at radius 3 is 2.73 bits per heavy atom. The summed E-state index contributed by atoms with van der Waals surface area (Å²) >= 11 is 2.97. The molecular weight excluding hydrogens is 454 g/mol. The standard InChI is InChI=1S/C23H33N7OS2/c1-6-17(3)22(32-13-8-25-21(31)7-2)28-20(30-11-9-29(5)10-12-30)14-18(4)27-23-26-16-19(15-24)33-23/h7,14,16H,2,6,8-13H2,1,3-5H3,(H,25,31)(H,26,27)/b18-14+,22-17?,28-20+. The zero-order valence-corrected chi connectivity index (χ0v) is 21.5. The van der Waals surface area contributed by atoms with Gasteiger partial charge in [-0.1, -0.05) is 24.8 Å². The van der Waals surface area contributed by atoms with Gasteiger partial charge in [-0.2, -0.15) is 5.26 Å². The van der Waals surface area contributed by atoms with Gasteiger partial charge in [-0.05, 0) is 45.0 Å². The average Bonchev–Trinajstić information content (AvgIpc) is 3.27. The summed E-state index contributed by atoms with van der Waals surface area (Å²) in [5.41, 5.74) is 2.11. The van der Waals surface area contributed by atoms with E-state index in [9.17, 15) is 4.79 Å². The Morgan fingerprint density at radius 1 is 1.39 bits per heavy atom. The van der Waals surface area contributed by atoms with Gasteiger partial charge in [-0.15, -0.1) is 11.8 Å². The van der Waals surface area contributed by atoms with Crippen molar-refractivity contribution >= 4 is 40.0 Å². The van der Waals surface area contributed by atoms with Crippen LogP contribution in [0.1, 0.15) is 32.1 Å². The van der Waals surface area contributed by atoms with Crippen molar-refractivity contribution in [3.8, 4) is 6.07 Å². The molecule has 0 spiro atoms. The van der Waals surface area contributed by atoms with Crippen molar-refractivity contribution in [3.05, 3.63) is 46.1 Å². The maximum absolute atomic E-state index is 11.4. The number of aromatic nitrogens is 1. The van der Waals surface area contributed by atoms with Gasteiger partial charge in [0.2, 0.25) is 5.91 Å². The van der Waals surface area contributed by atoms with Gasteiger partial charge in [0.1, 0.15) is 16.8 Å². The first-order chi connectivity index (χ1) is 15.9. The van der Waals surface area contributed by atoms with Crippen molar-refractivity contribution < 1.29 is 4.79 Å². The highest BCUT2D eigenvalue weighted by atomic mass is 32.2.